The van der Waals surface area contributed by atoms with Crippen LogP contribution >= 0.6 is 11.6 Å². The van der Waals surface area contributed by atoms with Crippen LogP contribution < -0.4 is 0 Å². The highest BCUT2D eigenvalue weighted by atomic mass is 35.5. The van der Waals surface area contributed by atoms with Gasteiger partial charge >= 0.3 is 0 Å². The third-order valence-electron chi connectivity index (χ3n) is 6.99. The molecule has 2 aromatic carbocycles. The summed E-state index contributed by atoms with van der Waals surface area (Å²) in [5.74, 6) is -2.13. The molecule has 2 saturated carbocycles. The van der Waals surface area contributed by atoms with Crippen LogP contribution in [0.4, 0.5) is 5.69 Å². The van der Waals surface area contributed by atoms with Gasteiger partial charge in [-0.05, 0) is 48.8 Å². The Balaban J connectivity index is 1.57. The van der Waals surface area contributed by atoms with Gasteiger partial charge in [0.15, 0.2) is 0 Å². The maximum atomic E-state index is 13.6. The van der Waals surface area contributed by atoms with E-state index in [1.54, 1.807) is 24.3 Å². The third kappa shape index (κ3) is 3.09. The zero-order valence-electron chi connectivity index (χ0n) is 17.0. The quantitative estimate of drug-likeness (QED) is 0.389. The molecule has 164 valence electrons. The van der Waals surface area contributed by atoms with Gasteiger partial charge in [-0.1, -0.05) is 41.9 Å². The van der Waals surface area contributed by atoms with Crippen molar-refractivity contribution in [2.75, 3.05) is 0 Å². The van der Waals surface area contributed by atoms with Crippen LogP contribution in [0.15, 0.2) is 48.5 Å². The lowest BCUT2D eigenvalue weighted by Crippen LogP contribution is -2.50. The first kappa shape index (κ1) is 20.6. The van der Waals surface area contributed by atoms with Crippen molar-refractivity contribution in [3.63, 3.8) is 0 Å². The molecule has 1 aliphatic heterocycles. The van der Waals surface area contributed by atoms with Crippen LogP contribution in [0.3, 0.4) is 0 Å². The second-order valence-corrected chi connectivity index (χ2v) is 9.01. The summed E-state index contributed by atoms with van der Waals surface area (Å²) in [7, 11) is 0. The molecule has 4 atom stereocenters. The van der Waals surface area contributed by atoms with Crippen molar-refractivity contribution in [2.45, 2.75) is 25.8 Å². The van der Waals surface area contributed by atoms with Gasteiger partial charge in [-0.3, -0.25) is 24.5 Å². The average Bonchev–Trinajstić information content (AvgIpc) is 3.47. The number of carbonyl (C=O) groups excluding carboxylic acids is 3. The normalized spacial score (nSPS) is 25.8. The summed E-state index contributed by atoms with van der Waals surface area (Å²) in [5, 5.41) is 13.9. The number of para-hydroxylation sites is 1. The van der Waals surface area contributed by atoms with Crippen LogP contribution in [0.1, 0.15) is 35.2 Å². The van der Waals surface area contributed by atoms with Crippen molar-refractivity contribution >= 4 is 35.0 Å². The molecule has 1 heterocycles. The van der Waals surface area contributed by atoms with Crippen molar-refractivity contribution in [1.29, 1.82) is 0 Å². The molecular formula is C23H20ClN3O5. The summed E-state index contributed by atoms with van der Waals surface area (Å²) in [6.45, 7) is -0.156. The van der Waals surface area contributed by atoms with Crippen LogP contribution in [0.2, 0.25) is 5.02 Å². The number of benzene rings is 2. The molecule has 1 saturated heterocycles. The number of imide groups is 1. The molecule has 3 fully saturated rings. The first-order valence-corrected chi connectivity index (χ1v) is 10.9. The fourth-order valence-corrected chi connectivity index (χ4v) is 5.80. The van der Waals surface area contributed by atoms with E-state index in [-0.39, 0.29) is 29.6 Å². The Morgan fingerprint density at radius 2 is 1.62 bits per heavy atom. The molecule has 0 unspecified atom stereocenters. The van der Waals surface area contributed by atoms with Crippen LogP contribution in [0.25, 0.3) is 0 Å². The summed E-state index contributed by atoms with van der Waals surface area (Å²) < 4.78 is 0. The summed E-state index contributed by atoms with van der Waals surface area (Å²) in [5.41, 5.74) is -0.0482. The highest BCUT2D eigenvalue weighted by Crippen LogP contribution is 2.56. The van der Waals surface area contributed by atoms with Crippen LogP contribution in [0, 0.1) is 33.8 Å². The fraction of sp³-hybridized carbons (Fsp3) is 0.348. The number of hydrazine groups is 1. The second kappa shape index (κ2) is 7.70. The molecule has 5 rings (SSSR count). The van der Waals surface area contributed by atoms with Gasteiger partial charge in [-0.2, -0.15) is 5.01 Å². The number of rotatable bonds is 5. The number of halogens is 1. The van der Waals surface area contributed by atoms with Gasteiger partial charge in [-0.25, -0.2) is 5.01 Å². The third-order valence-corrected chi connectivity index (χ3v) is 7.36. The molecule has 2 aromatic rings. The van der Waals surface area contributed by atoms with E-state index in [2.05, 4.69) is 0 Å². The van der Waals surface area contributed by atoms with E-state index in [9.17, 15) is 24.5 Å². The number of nitro benzene ring substituents is 1. The molecule has 9 heteroatoms. The van der Waals surface area contributed by atoms with Gasteiger partial charge in [0, 0.05) is 11.1 Å². The average molecular weight is 454 g/mol. The molecule has 2 bridgehead atoms. The Bertz CT molecular complexity index is 1120. The highest BCUT2D eigenvalue weighted by Gasteiger charge is 2.62. The first-order chi connectivity index (χ1) is 15.4. The van der Waals surface area contributed by atoms with Crippen molar-refractivity contribution < 1.29 is 19.3 Å². The Kier molecular flexibility index (Phi) is 4.97. The van der Waals surface area contributed by atoms with Crippen molar-refractivity contribution in [2.24, 2.45) is 23.7 Å². The second-order valence-electron chi connectivity index (χ2n) is 8.60. The minimum absolute atomic E-state index is 0.148. The number of carbonyl (C=O) groups is 3. The number of hydrogen-bond donors (Lipinski definition) is 0. The Morgan fingerprint density at radius 3 is 2.25 bits per heavy atom. The van der Waals surface area contributed by atoms with Gasteiger partial charge in [-0.15, -0.1) is 0 Å². The SMILES string of the molecule is O=C(c1ccccc1[N+](=O)[O-])N(Cc1ccccc1Cl)N1C(=O)[C@@H]2[C@H]3CC[C@@H](C3)[C@@H]2C1=O. The van der Waals surface area contributed by atoms with E-state index in [1.165, 1.54) is 24.3 Å². The minimum Gasteiger partial charge on any atom is -0.272 e. The van der Waals surface area contributed by atoms with Gasteiger partial charge in [0.25, 0.3) is 23.4 Å². The molecule has 0 radical (unpaired) electrons. The first-order valence-electron chi connectivity index (χ1n) is 10.5. The molecule has 32 heavy (non-hydrogen) atoms. The summed E-state index contributed by atoms with van der Waals surface area (Å²) >= 11 is 6.30. The summed E-state index contributed by atoms with van der Waals surface area (Å²) in [4.78, 5) is 51.3. The molecule has 3 amide bonds. The highest BCUT2D eigenvalue weighted by molar-refractivity contribution is 6.31. The van der Waals surface area contributed by atoms with E-state index in [0.29, 0.717) is 10.6 Å². The van der Waals surface area contributed by atoms with Crippen molar-refractivity contribution in [1.82, 2.24) is 10.0 Å². The Morgan fingerprint density at radius 1 is 1.03 bits per heavy atom. The van der Waals surface area contributed by atoms with E-state index >= 15 is 0 Å². The van der Waals surface area contributed by atoms with Crippen molar-refractivity contribution in [3.05, 3.63) is 74.8 Å². The predicted octanol–water partition coefficient (Wildman–Crippen LogP) is 3.84. The molecule has 0 spiro atoms. The summed E-state index contributed by atoms with van der Waals surface area (Å²) in [6.07, 6.45) is 2.67. The van der Waals surface area contributed by atoms with Gasteiger partial charge < -0.3 is 0 Å². The fourth-order valence-electron chi connectivity index (χ4n) is 5.60. The summed E-state index contributed by atoms with van der Waals surface area (Å²) in [6, 6.07) is 12.3. The zero-order valence-corrected chi connectivity index (χ0v) is 17.8. The Labute approximate surface area is 188 Å². The monoisotopic (exact) mass is 453 g/mol. The number of nitrogens with zero attached hydrogens (tertiary/aromatic N) is 3. The number of amides is 3. The Hall–Kier alpha value is -3.26. The van der Waals surface area contributed by atoms with E-state index in [0.717, 1.165) is 29.3 Å². The van der Waals surface area contributed by atoms with E-state index in [4.69, 9.17) is 11.6 Å². The van der Waals surface area contributed by atoms with Gasteiger partial charge in [0.1, 0.15) is 5.56 Å². The lowest BCUT2D eigenvalue weighted by Gasteiger charge is -2.31. The van der Waals surface area contributed by atoms with Crippen LogP contribution in [0.5, 0.6) is 0 Å². The van der Waals surface area contributed by atoms with Crippen LogP contribution in [-0.4, -0.2) is 32.7 Å². The maximum absolute atomic E-state index is 13.6. The topological polar surface area (TPSA) is 101 Å². The molecule has 2 aliphatic carbocycles. The van der Waals surface area contributed by atoms with Crippen molar-refractivity contribution in [3.8, 4) is 0 Å². The number of hydrogen-bond acceptors (Lipinski definition) is 5. The van der Waals surface area contributed by atoms with E-state index in [1.807, 2.05) is 0 Å². The van der Waals surface area contributed by atoms with E-state index < -0.39 is 34.5 Å². The minimum atomic E-state index is -0.786. The zero-order chi connectivity index (χ0) is 22.6. The molecular weight excluding hydrogens is 434 g/mol. The largest absolute Gasteiger partial charge is 0.282 e. The van der Waals surface area contributed by atoms with Crippen LogP contribution in [-0.2, 0) is 16.1 Å². The molecule has 0 N–H and O–H groups in total. The molecule has 0 aromatic heterocycles. The lowest BCUT2D eigenvalue weighted by atomic mass is 9.81. The van der Waals surface area contributed by atoms with Gasteiger partial charge in [0.05, 0.1) is 23.3 Å². The lowest BCUT2D eigenvalue weighted by molar-refractivity contribution is -0.385. The standard InChI is InChI=1S/C23H20ClN3O5/c24-17-7-3-1-5-15(17)12-25(21(28)16-6-2-4-8-18(16)27(31)32)26-22(29)19-13-9-10-14(11-13)20(19)23(26)30/h1-8,13-14,19-20H,9-12H2/t13-,14-,19-,20+/m0/s1. The molecule has 3 aliphatic rings. The predicted molar refractivity (Wildman–Crippen MR) is 114 cm³/mol. The van der Waals surface area contributed by atoms with Gasteiger partial charge in [0.2, 0.25) is 0 Å². The number of fused-ring (bicyclic) bond motifs is 5. The maximum Gasteiger partial charge on any atom is 0.282 e. The number of nitro groups is 1. The molecule has 8 nitrogen and oxygen atoms in total. The smallest absolute Gasteiger partial charge is 0.272 e.